The summed E-state index contributed by atoms with van der Waals surface area (Å²) in [4.78, 5) is 15.0. The van der Waals surface area contributed by atoms with Crippen LogP contribution in [-0.2, 0) is 9.53 Å². The van der Waals surface area contributed by atoms with Crippen LogP contribution in [0.15, 0.2) is 4.99 Å². The van der Waals surface area contributed by atoms with Gasteiger partial charge in [-0.25, -0.2) is 0 Å². The molecule has 0 fully saturated rings. The van der Waals surface area contributed by atoms with Crippen LogP contribution in [0, 0.1) is 5.41 Å². The standard InChI is InChI=1S/C8H13NO2/c1-4-6-9-7(10)8(2,3)5-11-6/h4-5H2,1-3H3. The van der Waals surface area contributed by atoms with Gasteiger partial charge in [-0.1, -0.05) is 6.92 Å². The fourth-order valence-corrected chi connectivity index (χ4v) is 0.803. The van der Waals surface area contributed by atoms with Gasteiger partial charge in [0.15, 0.2) is 5.90 Å². The molecule has 0 N–H and O–H groups in total. The van der Waals surface area contributed by atoms with E-state index in [9.17, 15) is 4.79 Å². The molecule has 0 unspecified atom stereocenters. The third-order valence-corrected chi connectivity index (χ3v) is 1.71. The predicted octanol–water partition coefficient (Wildman–Crippen LogP) is 1.38. The molecule has 0 saturated heterocycles. The fraction of sp³-hybridized carbons (Fsp3) is 0.750. The summed E-state index contributed by atoms with van der Waals surface area (Å²) in [7, 11) is 0. The molecule has 0 saturated carbocycles. The lowest BCUT2D eigenvalue weighted by atomic mass is 9.93. The molecule has 0 atom stereocenters. The summed E-state index contributed by atoms with van der Waals surface area (Å²) in [6, 6.07) is 0. The van der Waals surface area contributed by atoms with Gasteiger partial charge >= 0.3 is 0 Å². The normalized spacial score (nSPS) is 22.5. The van der Waals surface area contributed by atoms with Crippen molar-refractivity contribution in [2.24, 2.45) is 10.4 Å². The highest BCUT2D eigenvalue weighted by Gasteiger charge is 2.32. The lowest BCUT2D eigenvalue weighted by Gasteiger charge is -2.25. The summed E-state index contributed by atoms with van der Waals surface area (Å²) < 4.78 is 5.24. The Morgan fingerprint density at radius 3 is 2.73 bits per heavy atom. The van der Waals surface area contributed by atoms with Gasteiger partial charge in [0.2, 0.25) is 0 Å². The third kappa shape index (κ3) is 1.59. The highest BCUT2D eigenvalue weighted by Crippen LogP contribution is 2.22. The number of carbonyl (C=O) groups excluding carboxylic acids is 1. The van der Waals surface area contributed by atoms with E-state index in [1.54, 1.807) is 0 Å². The Hall–Kier alpha value is -0.860. The number of amides is 1. The zero-order valence-corrected chi connectivity index (χ0v) is 7.18. The van der Waals surface area contributed by atoms with Gasteiger partial charge in [0.1, 0.15) is 6.61 Å². The van der Waals surface area contributed by atoms with E-state index in [0.29, 0.717) is 18.9 Å². The van der Waals surface area contributed by atoms with Crippen LogP contribution < -0.4 is 0 Å². The SMILES string of the molecule is CCC1=NC(=O)C(C)(C)CO1. The van der Waals surface area contributed by atoms with E-state index in [1.165, 1.54) is 0 Å². The molecule has 0 aromatic carbocycles. The zero-order chi connectivity index (χ0) is 8.48. The number of hydrogen-bond donors (Lipinski definition) is 0. The average Bonchev–Trinajstić information content (AvgIpc) is 1.95. The molecule has 1 aliphatic heterocycles. The quantitative estimate of drug-likeness (QED) is 0.573. The van der Waals surface area contributed by atoms with Crippen molar-refractivity contribution in [3.8, 4) is 0 Å². The number of hydrogen-bond acceptors (Lipinski definition) is 2. The predicted molar refractivity (Wildman–Crippen MR) is 42.5 cm³/mol. The van der Waals surface area contributed by atoms with Crippen LogP contribution in [0.1, 0.15) is 27.2 Å². The number of aliphatic imine (C=N–C) groups is 1. The second-order valence-electron chi connectivity index (χ2n) is 3.34. The van der Waals surface area contributed by atoms with Crippen LogP contribution >= 0.6 is 0 Å². The first-order valence-corrected chi connectivity index (χ1v) is 3.81. The largest absolute Gasteiger partial charge is 0.480 e. The number of carbonyl (C=O) groups is 1. The number of rotatable bonds is 1. The maximum atomic E-state index is 11.2. The molecular formula is C8H13NO2. The first kappa shape index (κ1) is 8.24. The van der Waals surface area contributed by atoms with Gasteiger partial charge in [0, 0.05) is 6.42 Å². The van der Waals surface area contributed by atoms with Gasteiger partial charge in [-0.15, -0.1) is 0 Å². The monoisotopic (exact) mass is 155 g/mol. The van der Waals surface area contributed by atoms with Gasteiger partial charge in [-0.2, -0.15) is 4.99 Å². The lowest BCUT2D eigenvalue weighted by Crippen LogP contribution is -2.34. The van der Waals surface area contributed by atoms with E-state index in [1.807, 2.05) is 20.8 Å². The Morgan fingerprint density at radius 2 is 2.27 bits per heavy atom. The number of ether oxygens (including phenoxy) is 1. The van der Waals surface area contributed by atoms with Crippen LogP contribution in [0.4, 0.5) is 0 Å². The fourth-order valence-electron chi connectivity index (χ4n) is 0.803. The molecular weight excluding hydrogens is 142 g/mol. The summed E-state index contributed by atoms with van der Waals surface area (Å²) >= 11 is 0. The molecule has 0 aromatic heterocycles. The molecule has 1 rings (SSSR count). The van der Waals surface area contributed by atoms with Crippen LogP contribution in [0.2, 0.25) is 0 Å². The Labute approximate surface area is 66.5 Å². The summed E-state index contributed by atoms with van der Waals surface area (Å²) in [6.45, 7) is 6.06. The Kier molecular flexibility index (Phi) is 1.98. The van der Waals surface area contributed by atoms with Crippen molar-refractivity contribution >= 4 is 11.8 Å². The summed E-state index contributed by atoms with van der Waals surface area (Å²) in [5.41, 5.74) is -0.432. The van der Waals surface area contributed by atoms with Crippen molar-refractivity contribution < 1.29 is 9.53 Å². The minimum Gasteiger partial charge on any atom is -0.480 e. The van der Waals surface area contributed by atoms with E-state index in [-0.39, 0.29) is 5.91 Å². The van der Waals surface area contributed by atoms with E-state index >= 15 is 0 Å². The zero-order valence-electron chi connectivity index (χ0n) is 7.18. The number of nitrogens with zero attached hydrogens (tertiary/aromatic N) is 1. The second-order valence-corrected chi connectivity index (χ2v) is 3.34. The maximum absolute atomic E-state index is 11.2. The molecule has 0 aromatic rings. The maximum Gasteiger partial charge on any atom is 0.257 e. The molecule has 0 spiro atoms. The lowest BCUT2D eigenvalue weighted by molar-refractivity contribution is -0.129. The van der Waals surface area contributed by atoms with Crippen LogP contribution in [0.25, 0.3) is 0 Å². The summed E-state index contributed by atoms with van der Waals surface area (Å²) in [5, 5.41) is 0. The molecule has 3 nitrogen and oxygen atoms in total. The molecule has 0 aliphatic carbocycles. The van der Waals surface area contributed by atoms with Crippen molar-refractivity contribution in [3.63, 3.8) is 0 Å². The first-order chi connectivity index (χ1) is 5.06. The van der Waals surface area contributed by atoms with Crippen LogP contribution in [0.3, 0.4) is 0 Å². The molecule has 1 aliphatic rings. The van der Waals surface area contributed by atoms with Crippen molar-refractivity contribution in [2.45, 2.75) is 27.2 Å². The van der Waals surface area contributed by atoms with Crippen LogP contribution in [0.5, 0.6) is 0 Å². The van der Waals surface area contributed by atoms with Gasteiger partial charge in [-0.05, 0) is 13.8 Å². The molecule has 0 bridgehead atoms. The highest BCUT2D eigenvalue weighted by atomic mass is 16.5. The second kappa shape index (κ2) is 2.64. The molecule has 0 radical (unpaired) electrons. The van der Waals surface area contributed by atoms with Crippen molar-refractivity contribution in [1.29, 1.82) is 0 Å². The van der Waals surface area contributed by atoms with Gasteiger partial charge < -0.3 is 4.74 Å². The molecule has 1 heterocycles. The topological polar surface area (TPSA) is 38.7 Å². The summed E-state index contributed by atoms with van der Waals surface area (Å²) in [6.07, 6.45) is 0.696. The Morgan fingerprint density at radius 1 is 1.64 bits per heavy atom. The van der Waals surface area contributed by atoms with E-state index < -0.39 is 5.41 Å². The average molecular weight is 155 g/mol. The Bertz CT molecular complexity index is 206. The Balaban J connectivity index is 2.79. The minimum absolute atomic E-state index is 0.0689. The first-order valence-electron chi connectivity index (χ1n) is 3.81. The van der Waals surface area contributed by atoms with Crippen LogP contribution in [-0.4, -0.2) is 18.4 Å². The smallest absolute Gasteiger partial charge is 0.257 e. The molecule has 62 valence electrons. The molecule has 3 heteroatoms. The molecule has 11 heavy (non-hydrogen) atoms. The highest BCUT2D eigenvalue weighted by molar-refractivity contribution is 5.96. The van der Waals surface area contributed by atoms with Crippen molar-refractivity contribution in [2.75, 3.05) is 6.61 Å². The van der Waals surface area contributed by atoms with Crippen molar-refractivity contribution in [3.05, 3.63) is 0 Å². The van der Waals surface area contributed by atoms with E-state index in [0.717, 1.165) is 0 Å². The van der Waals surface area contributed by atoms with E-state index in [4.69, 9.17) is 4.74 Å². The van der Waals surface area contributed by atoms with Gasteiger partial charge in [0.05, 0.1) is 5.41 Å². The van der Waals surface area contributed by atoms with Gasteiger partial charge in [0.25, 0.3) is 5.91 Å². The van der Waals surface area contributed by atoms with Gasteiger partial charge in [-0.3, -0.25) is 4.79 Å². The minimum atomic E-state index is -0.432. The third-order valence-electron chi connectivity index (χ3n) is 1.71. The van der Waals surface area contributed by atoms with Crippen molar-refractivity contribution in [1.82, 2.24) is 0 Å². The molecule has 1 amide bonds. The van der Waals surface area contributed by atoms with E-state index in [2.05, 4.69) is 4.99 Å². The summed E-state index contributed by atoms with van der Waals surface area (Å²) in [5.74, 6) is 0.495.